The molecule has 0 aliphatic rings. The number of rotatable bonds is 3. The van der Waals surface area contributed by atoms with Crippen LogP contribution in [0.3, 0.4) is 0 Å². The second kappa shape index (κ2) is 4.45. The predicted octanol–water partition coefficient (Wildman–Crippen LogP) is 1.51. The number of pyridine rings is 1. The smallest absolute Gasteiger partial charge is 0.141 e. The molecule has 2 rings (SSSR count). The van der Waals surface area contributed by atoms with E-state index in [1.807, 2.05) is 39.3 Å². The molecule has 0 aliphatic heterocycles. The number of hydrogen-bond donors (Lipinski definition) is 1. The lowest BCUT2D eigenvalue weighted by Gasteiger charge is -2.05. The van der Waals surface area contributed by atoms with E-state index in [2.05, 4.69) is 19.9 Å². The maximum Gasteiger partial charge on any atom is 0.141 e. The quantitative estimate of drug-likeness (QED) is 0.845. The van der Waals surface area contributed by atoms with Crippen LogP contribution < -0.4 is 5.32 Å². The van der Waals surface area contributed by atoms with Gasteiger partial charge in [0.05, 0.1) is 11.4 Å². The van der Waals surface area contributed by atoms with Crippen LogP contribution in [0.25, 0.3) is 11.4 Å². The first kappa shape index (κ1) is 10.8. The highest BCUT2D eigenvalue weighted by Crippen LogP contribution is 2.19. The summed E-state index contributed by atoms with van der Waals surface area (Å²) in [6.45, 7) is 2.86. The van der Waals surface area contributed by atoms with E-state index in [1.54, 1.807) is 6.20 Å². The van der Waals surface area contributed by atoms with E-state index in [0.717, 1.165) is 23.6 Å². The van der Waals surface area contributed by atoms with Crippen molar-refractivity contribution >= 4 is 0 Å². The fraction of sp³-hybridized carbons (Fsp3) is 0.333. The van der Waals surface area contributed by atoms with Crippen molar-refractivity contribution in [2.45, 2.75) is 13.5 Å². The lowest BCUT2D eigenvalue weighted by molar-refractivity contribution is 0.732. The SMILES string of the molecule is CNCc1c(C)nc(-c2cccnc2)n1C. The summed E-state index contributed by atoms with van der Waals surface area (Å²) in [6.07, 6.45) is 3.61. The molecule has 1 N–H and O–H groups in total. The van der Waals surface area contributed by atoms with Crippen molar-refractivity contribution in [2.24, 2.45) is 7.05 Å². The normalized spacial score (nSPS) is 10.7. The zero-order valence-corrected chi connectivity index (χ0v) is 9.86. The van der Waals surface area contributed by atoms with E-state index >= 15 is 0 Å². The molecule has 0 spiro atoms. The molecule has 2 aromatic heterocycles. The van der Waals surface area contributed by atoms with Crippen molar-refractivity contribution in [3.8, 4) is 11.4 Å². The average molecular weight is 216 g/mol. The van der Waals surface area contributed by atoms with Gasteiger partial charge in [0.2, 0.25) is 0 Å². The summed E-state index contributed by atoms with van der Waals surface area (Å²) in [5.41, 5.74) is 3.33. The molecule has 0 fully saturated rings. The monoisotopic (exact) mass is 216 g/mol. The average Bonchev–Trinajstić information content (AvgIpc) is 2.59. The van der Waals surface area contributed by atoms with Crippen molar-refractivity contribution in [3.63, 3.8) is 0 Å². The highest BCUT2D eigenvalue weighted by molar-refractivity contribution is 5.55. The molecule has 0 saturated carbocycles. The Morgan fingerprint density at radius 3 is 2.88 bits per heavy atom. The van der Waals surface area contributed by atoms with Crippen LogP contribution in [-0.2, 0) is 13.6 Å². The highest BCUT2D eigenvalue weighted by atomic mass is 15.1. The van der Waals surface area contributed by atoms with Crippen LogP contribution in [0.5, 0.6) is 0 Å². The molecule has 0 radical (unpaired) electrons. The van der Waals surface area contributed by atoms with Crippen LogP contribution in [-0.4, -0.2) is 21.6 Å². The maximum atomic E-state index is 4.58. The van der Waals surface area contributed by atoms with Crippen LogP contribution in [0.4, 0.5) is 0 Å². The summed E-state index contributed by atoms with van der Waals surface area (Å²) in [7, 11) is 3.98. The fourth-order valence-electron chi connectivity index (χ4n) is 1.84. The van der Waals surface area contributed by atoms with Crippen molar-refractivity contribution < 1.29 is 0 Å². The number of imidazole rings is 1. The van der Waals surface area contributed by atoms with Gasteiger partial charge < -0.3 is 9.88 Å². The van der Waals surface area contributed by atoms with Crippen molar-refractivity contribution in [1.29, 1.82) is 0 Å². The van der Waals surface area contributed by atoms with Gasteiger partial charge in [0.25, 0.3) is 0 Å². The lowest BCUT2D eigenvalue weighted by atomic mass is 10.3. The molecule has 0 amide bonds. The van der Waals surface area contributed by atoms with Gasteiger partial charge in [-0.05, 0) is 26.1 Å². The van der Waals surface area contributed by atoms with Crippen LogP contribution in [0, 0.1) is 6.92 Å². The van der Waals surface area contributed by atoms with Crippen LogP contribution in [0.1, 0.15) is 11.4 Å². The molecular formula is C12H16N4. The van der Waals surface area contributed by atoms with Gasteiger partial charge in [-0.2, -0.15) is 0 Å². The topological polar surface area (TPSA) is 42.7 Å². The fourth-order valence-corrected chi connectivity index (χ4v) is 1.84. The van der Waals surface area contributed by atoms with E-state index < -0.39 is 0 Å². The molecule has 0 atom stereocenters. The summed E-state index contributed by atoms with van der Waals surface area (Å²) in [5.74, 6) is 0.968. The summed E-state index contributed by atoms with van der Waals surface area (Å²) >= 11 is 0. The Balaban J connectivity index is 2.47. The number of nitrogens with one attached hydrogen (secondary N) is 1. The molecule has 4 nitrogen and oxygen atoms in total. The van der Waals surface area contributed by atoms with Gasteiger partial charge in [-0.15, -0.1) is 0 Å². The zero-order chi connectivity index (χ0) is 11.5. The first-order valence-corrected chi connectivity index (χ1v) is 5.31. The van der Waals surface area contributed by atoms with E-state index in [0.29, 0.717) is 0 Å². The molecule has 0 saturated heterocycles. The summed E-state index contributed by atoms with van der Waals surface area (Å²) in [6, 6.07) is 3.95. The second-order valence-electron chi connectivity index (χ2n) is 3.80. The first-order chi connectivity index (χ1) is 7.74. The van der Waals surface area contributed by atoms with E-state index in [-0.39, 0.29) is 0 Å². The third-order valence-corrected chi connectivity index (χ3v) is 2.68. The third-order valence-electron chi connectivity index (χ3n) is 2.68. The van der Waals surface area contributed by atoms with Crippen molar-refractivity contribution in [3.05, 3.63) is 35.9 Å². The van der Waals surface area contributed by atoms with Gasteiger partial charge in [0.15, 0.2) is 0 Å². The number of aryl methyl sites for hydroxylation is 1. The van der Waals surface area contributed by atoms with Crippen LogP contribution in [0.2, 0.25) is 0 Å². The zero-order valence-electron chi connectivity index (χ0n) is 9.86. The third kappa shape index (κ3) is 1.84. The molecule has 0 bridgehead atoms. The Labute approximate surface area is 95.4 Å². The maximum absolute atomic E-state index is 4.58. The minimum Gasteiger partial charge on any atom is -0.330 e. The first-order valence-electron chi connectivity index (χ1n) is 5.31. The van der Waals surface area contributed by atoms with Crippen molar-refractivity contribution in [2.75, 3.05) is 7.05 Å². The van der Waals surface area contributed by atoms with E-state index in [4.69, 9.17) is 0 Å². The molecule has 0 unspecified atom stereocenters. The van der Waals surface area contributed by atoms with Gasteiger partial charge >= 0.3 is 0 Å². The van der Waals surface area contributed by atoms with Gasteiger partial charge in [-0.1, -0.05) is 0 Å². The molecule has 16 heavy (non-hydrogen) atoms. The molecule has 4 heteroatoms. The predicted molar refractivity (Wildman–Crippen MR) is 63.9 cm³/mol. The minimum absolute atomic E-state index is 0.829. The van der Waals surface area contributed by atoms with Crippen LogP contribution >= 0.6 is 0 Å². The Bertz CT molecular complexity index is 473. The van der Waals surface area contributed by atoms with Gasteiger partial charge in [-0.25, -0.2) is 4.98 Å². The molecule has 2 aromatic rings. The highest BCUT2D eigenvalue weighted by Gasteiger charge is 2.11. The molecule has 2 heterocycles. The molecule has 84 valence electrons. The summed E-state index contributed by atoms with van der Waals surface area (Å²) < 4.78 is 2.11. The van der Waals surface area contributed by atoms with Crippen LogP contribution in [0.15, 0.2) is 24.5 Å². The minimum atomic E-state index is 0.829. The van der Waals surface area contributed by atoms with Gasteiger partial charge in [-0.3, -0.25) is 4.98 Å². The Hall–Kier alpha value is -1.68. The largest absolute Gasteiger partial charge is 0.330 e. The molecular weight excluding hydrogens is 200 g/mol. The number of hydrogen-bond acceptors (Lipinski definition) is 3. The number of nitrogens with zero attached hydrogens (tertiary/aromatic N) is 3. The standard InChI is InChI=1S/C12H16N4/c1-9-11(8-13-2)16(3)12(15-9)10-5-4-6-14-7-10/h4-7,13H,8H2,1-3H3. The Morgan fingerprint density at radius 2 is 2.25 bits per heavy atom. The summed E-state index contributed by atoms with van der Waals surface area (Å²) in [5, 5.41) is 3.15. The van der Waals surface area contributed by atoms with Crippen molar-refractivity contribution in [1.82, 2.24) is 19.9 Å². The van der Waals surface area contributed by atoms with Gasteiger partial charge in [0.1, 0.15) is 5.82 Å². The Kier molecular flexibility index (Phi) is 3.01. The lowest BCUT2D eigenvalue weighted by Crippen LogP contribution is -2.10. The van der Waals surface area contributed by atoms with E-state index in [1.165, 1.54) is 5.69 Å². The van der Waals surface area contributed by atoms with Gasteiger partial charge in [0, 0.05) is 31.5 Å². The molecule has 0 aliphatic carbocycles. The van der Waals surface area contributed by atoms with E-state index in [9.17, 15) is 0 Å². The molecule has 0 aromatic carbocycles. The second-order valence-corrected chi connectivity index (χ2v) is 3.80. The Morgan fingerprint density at radius 1 is 1.44 bits per heavy atom. The summed E-state index contributed by atoms with van der Waals surface area (Å²) in [4.78, 5) is 8.70. The number of aromatic nitrogens is 3.